The number of hydrogen-bond donors (Lipinski definition) is 1. The van der Waals surface area contributed by atoms with E-state index in [0.29, 0.717) is 30.0 Å². The highest BCUT2D eigenvalue weighted by atomic mass is 31.2. The fourth-order valence-corrected chi connectivity index (χ4v) is 8.58. The van der Waals surface area contributed by atoms with Crippen LogP contribution in [0, 0.1) is 0 Å². The first-order valence-electron chi connectivity index (χ1n) is 10.9. The molecule has 0 aliphatic carbocycles. The first-order chi connectivity index (χ1) is 12.9. The molecule has 0 saturated carbocycles. The Morgan fingerprint density at radius 1 is 0.741 bits per heavy atom. The van der Waals surface area contributed by atoms with Crippen LogP contribution < -0.4 is 10.6 Å². The van der Waals surface area contributed by atoms with Crippen LogP contribution in [0.2, 0.25) is 0 Å². The highest BCUT2D eigenvalue weighted by Crippen LogP contribution is 2.50. The van der Waals surface area contributed by atoms with Crippen LogP contribution in [0.5, 0.6) is 5.75 Å². The van der Waals surface area contributed by atoms with Crippen molar-refractivity contribution in [1.82, 2.24) is 0 Å². The van der Waals surface area contributed by atoms with Gasteiger partial charge in [-0.05, 0) is 31.0 Å². The number of hydrogen-bond acceptors (Lipinski definition) is 3. The fourth-order valence-electron chi connectivity index (χ4n) is 3.60. The van der Waals surface area contributed by atoms with Crippen LogP contribution in [0.3, 0.4) is 0 Å². The van der Waals surface area contributed by atoms with Gasteiger partial charge in [0, 0.05) is 30.0 Å². The van der Waals surface area contributed by atoms with Gasteiger partial charge in [0.25, 0.3) is 0 Å². The Kier molecular flexibility index (Phi) is 11.0. The third kappa shape index (κ3) is 7.10. The molecule has 2 unspecified atom stereocenters. The lowest BCUT2D eigenvalue weighted by atomic mass is 10.2. The molecule has 1 N–H and O–H groups in total. The fraction of sp³-hybridized carbons (Fsp3) is 0.727. The second-order valence-corrected chi connectivity index (χ2v) is 14.4. The molecule has 0 amide bonds. The van der Waals surface area contributed by atoms with Gasteiger partial charge in [-0.2, -0.15) is 0 Å². The molecule has 156 valence electrons. The van der Waals surface area contributed by atoms with Gasteiger partial charge in [-0.15, -0.1) is 0 Å². The molecule has 0 heterocycles. The Balaban J connectivity index is 3.08. The minimum atomic E-state index is -2.65. The summed E-state index contributed by atoms with van der Waals surface area (Å²) in [7, 11) is -5.13. The molecule has 0 spiro atoms. The van der Waals surface area contributed by atoms with E-state index in [1.807, 2.05) is 19.9 Å². The van der Waals surface area contributed by atoms with Crippen LogP contribution in [0.1, 0.15) is 79.1 Å². The molecule has 5 heteroatoms. The van der Waals surface area contributed by atoms with Crippen LogP contribution in [0.25, 0.3) is 0 Å². The summed E-state index contributed by atoms with van der Waals surface area (Å²) in [4.78, 5) is 0. The number of aromatic hydroxyl groups is 1. The Labute approximate surface area is 167 Å². The third-order valence-corrected chi connectivity index (χ3v) is 12.2. The molecule has 0 aromatic heterocycles. The van der Waals surface area contributed by atoms with Crippen molar-refractivity contribution in [2.45, 2.75) is 79.1 Å². The van der Waals surface area contributed by atoms with Crippen molar-refractivity contribution in [2.24, 2.45) is 0 Å². The van der Waals surface area contributed by atoms with E-state index in [2.05, 4.69) is 13.8 Å². The summed E-state index contributed by atoms with van der Waals surface area (Å²) in [5, 5.41) is 11.8. The zero-order valence-corrected chi connectivity index (χ0v) is 19.7. The lowest BCUT2D eigenvalue weighted by molar-refractivity contribution is 0.478. The lowest BCUT2D eigenvalue weighted by Gasteiger charge is -2.22. The Morgan fingerprint density at radius 3 is 1.74 bits per heavy atom. The van der Waals surface area contributed by atoms with E-state index in [9.17, 15) is 14.2 Å². The highest BCUT2D eigenvalue weighted by Gasteiger charge is 2.29. The van der Waals surface area contributed by atoms with Crippen molar-refractivity contribution >= 4 is 24.9 Å². The second kappa shape index (κ2) is 12.1. The van der Waals surface area contributed by atoms with Gasteiger partial charge in [0.2, 0.25) is 0 Å². The number of rotatable bonds is 14. The zero-order valence-electron chi connectivity index (χ0n) is 17.9. The van der Waals surface area contributed by atoms with Gasteiger partial charge in [-0.1, -0.05) is 66.2 Å². The quantitative estimate of drug-likeness (QED) is 0.277. The normalized spacial score (nSPS) is 16.0. The molecule has 0 aliphatic heterocycles. The van der Waals surface area contributed by atoms with E-state index in [1.54, 1.807) is 12.1 Å². The smallest absolute Gasteiger partial charge is 0.126 e. The average Bonchev–Trinajstić information content (AvgIpc) is 2.68. The molecule has 0 fully saturated rings. The zero-order chi connectivity index (χ0) is 20.3. The van der Waals surface area contributed by atoms with E-state index in [4.69, 9.17) is 0 Å². The Hall–Kier alpha value is -0.520. The molecule has 1 rings (SSSR count). The minimum Gasteiger partial charge on any atom is -0.507 e. The Bertz CT molecular complexity index is 655. The summed E-state index contributed by atoms with van der Waals surface area (Å²) in [5.74, 6) is 0.105. The van der Waals surface area contributed by atoms with Crippen molar-refractivity contribution in [3.05, 3.63) is 18.2 Å². The molecule has 2 atom stereocenters. The summed E-state index contributed by atoms with van der Waals surface area (Å²) >= 11 is 0. The standard InChI is InChI=1S/C22H40O3P2/c1-5-9-11-13-17-26(24,7-3)20-15-16-21(23)22(19-20)27(25,8-4)18-14-12-10-6-2/h15-16,19,23H,5-14,17-18H2,1-4H3. The number of phenols is 1. The van der Waals surface area contributed by atoms with E-state index in [0.717, 1.165) is 50.3 Å². The predicted molar refractivity (Wildman–Crippen MR) is 122 cm³/mol. The van der Waals surface area contributed by atoms with Gasteiger partial charge < -0.3 is 14.2 Å². The van der Waals surface area contributed by atoms with E-state index >= 15 is 0 Å². The molecule has 27 heavy (non-hydrogen) atoms. The number of unbranched alkanes of at least 4 members (excludes halogenated alkanes) is 6. The van der Waals surface area contributed by atoms with Crippen LogP contribution in [0.15, 0.2) is 18.2 Å². The van der Waals surface area contributed by atoms with Crippen molar-refractivity contribution < 1.29 is 14.2 Å². The topological polar surface area (TPSA) is 54.4 Å². The average molecular weight is 415 g/mol. The highest BCUT2D eigenvalue weighted by molar-refractivity contribution is 7.73. The first-order valence-corrected chi connectivity index (χ1v) is 15.0. The van der Waals surface area contributed by atoms with Crippen molar-refractivity contribution in [1.29, 1.82) is 0 Å². The lowest BCUT2D eigenvalue weighted by Crippen LogP contribution is -2.19. The molecule has 1 aromatic rings. The molecule has 0 aliphatic rings. The molecule has 0 bridgehead atoms. The predicted octanol–water partition coefficient (Wildman–Crippen LogP) is 6.57. The maximum atomic E-state index is 13.6. The van der Waals surface area contributed by atoms with E-state index in [-0.39, 0.29) is 5.75 Å². The van der Waals surface area contributed by atoms with Crippen LogP contribution in [-0.2, 0) is 9.13 Å². The summed E-state index contributed by atoms with van der Waals surface area (Å²) in [6.45, 7) is 8.26. The summed E-state index contributed by atoms with van der Waals surface area (Å²) < 4.78 is 27.1. The van der Waals surface area contributed by atoms with Crippen molar-refractivity contribution in [2.75, 3.05) is 24.6 Å². The summed E-state index contributed by atoms with van der Waals surface area (Å²) in [6.07, 6.45) is 11.2. The first kappa shape index (κ1) is 24.5. The van der Waals surface area contributed by atoms with Gasteiger partial charge in [-0.25, -0.2) is 0 Å². The number of phenolic OH excluding ortho intramolecular Hbond substituents is 1. The third-order valence-electron chi connectivity index (χ3n) is 5.64. The van der Waals surface area contributed by atoms with Crippen LogP contribution in [0.4, 0.5) is 0 Å². The van der Waals surface area contributed by atoms with Crippen molar-refractivity contribution in [3.8, 4) is 5.75 Å². The number of benzene rings is 1. The monoisotopic (exact) mass is 414 g/mol. The molecule has 1 aromatic carbocycles. The van der Waals surface area contributed by atoms with Gasteiger partial charge in [0.05, 0.1) is 5.30 Å². The molecular formula is C22H40O3P2. The van der Waals surface area contributed by atoms with E-state index < -0.39 is 14.3 Å². The SMILES string of the molecule is CCCCCCP(=O)(CC)c1ccc(O)c(P(=O)(CC)CCCCCC)c1. The van der Waals surface area contributed by atoms with Gasteiger partial charge >= 0.3 is 0 Å². The maximum Gasteiger partial charge on any atom is 0.126 e. The minimum absolute atomic E-state index is 0.105. The van der Waals surface area contributed by atoms with Crippen LogP contribution in [-0.4, -0.2) is 29.8 Å². The van der Waals surface area contributed by atoms with Gasteiger partial charge in [0.1, 0.15) is 20.0 Å². The maximum absolute atomic E-state index is 13.6. The van der Waals surface area contributed by atoms with Crippen LogP contribution >= 0.6 is 14.3 Å². The van der Waals surface area contributed by atoms with Gasteiger partial charge in [-0.3, -0.25) is 0 Å². The molecular weight excluding hydrogens is 374 g/mol. The molecule has 3 nitrogen and oxygen atoms in total. The summed E-state index contributed by atoms with van der Waals surface area (Å²) in [5.41, 5.74) is 0. The summed E-state index contributed by atoms with van der Waals surface area (Å²) in [6, 6.07) is 5.23. The largest absolute Gasteiger partial charge is 0.507 e. The Morgan fingerprint density at radius 2 is 1.26 bits per heavy atom. The molecule has 0 radical (unpaired) electrons. The second-order valence-electron chi connectivity index (χ2n) is 7.65. The van der Waals surface area contributed by atoms with Gasteiger partial charge in [0.15, 0.2) is 0 Å². The van der Waals surface area contributed by atoms with E-state index in [1.165, 1.54) is 6.42 Å². The van der Waals surface area contributed by atoms with Crippen molar-refractivity contribution in [3.63, 3.8) is 0 Å². The molecule has 0 saturated heterocycles.